The lowest BCUT2D eigenvalue weighted by Crippen LogP contribution is -2.61. The van der Waals surface area contributed by atoms with Gasteiger partial charge in [-0.1, -0.05) is 188 Å². The molecule has 8 rings (SSSR count). The molecule has 2 amide bonds. The molecule has 0 radical (unpaired) electrons. The zero-order valence-electron chi connectivity index (χ0n) is 88.7. The number of nitrogens with zero attached hydrogens (tertiary/aromatic N) is 2. The molecule has 4 saturated heterocycles. The number of fused-ring (bicyclic) bond motifs is 6. The van der Waals surface area contributed by atoms with Gasteiger partial charge in [0, 0.05) is 123 Å². The molecule has 6 heterocycles. The van der Waals surface area contributed by atoms with Gasteiger partial charge in [-0.05, 0) is 220 Å². The summed E-state index contributed by atoms with van der Waals surface area (Å²) in [6.45, 7) is 27.7. The minimum Gasteiger partial charge on any atom is -0.460 e. The predicted molar refractivity (Wildman–Crippen MR) is 537 cm³/mol. The highest BCUT2D eigenvalue weighted by molar-refractivity contribution is 6.39. The molecule has 2 aliphatic carbocycles. The number of cyclic esters (lactones) is 2. The Kier molecular flexibility index (Phi) is 51.0. The molecule has 5 N–H and O–H groups in total. The van der Waals surface area contributed by atoms with Crippen molar-refractivity contribution in [3.05, 3.63) is 95.2 Å². The van der Waals surface area contributed by atoms with Crippen LogP contribution in [0, 0.1) is 71.0 Å². The zero-order valence-corrected chi connectivity index (χ0v) is 88.7. The SMILES string of the molecule is CCCCCCCCCC(=O)O[C@@H]1CC[C@@H](C[C@@H](C)[C@@H]2CC(=O)[C@H](C)/C=C(\C)[C@@H](O)[C@@H](OC)C(=O)[C@H](C)C[C@H](C)/C=C/C=C/C=C(\C)[C@@H](OC)C[C@@H]3CC[C@@H](C)[C@@](O)(O3)C(=O)C(=O)N3CCCC[C@H]3C(=O)O2)C[C@H]1OC.CO[C@H]1C[C@@H]2CC[C@@H](C)[C@@](O)(O2)C(=O)C(=O)N2CCCC[C@H]2C(=O)O[C@H]([C@H](C)C[C@@H]2CC[C@@H](O)[C@H](OC)C2)CC(=O)[C@H](C)/C=C(\C)[C@@H](O)[C@@H](OC)C(=O)[C@H](C)C[C@H](C)/C=C/C=CC=C1C. The number of ether oxygens (including phenoxy) is 11. The predicted octanol–water partition coefficient (Wildman–Crippen LogP) is 16.1. The van der Waals surface area contributed by atoms with Gasteiger partial charge in [-0.25, -0.2) is 9.59 Å². The second-order valence-electron chi connectivity index (χ2n) is 42.5. The molecule has 796 valence electrons. The maximum absolute atomic E-state index is 14.6. The number of piperidine rings is 2. The van der Waals surface area contributed by atoms with Crippen molar-refractivity contribution in [3.8, 4) is 0 Å². The molecule has 2 saturated carbocycles. The van der Waals surface area contributed by atoms with Gasteiger partial charge in [0.25, 0.3) is 23.4 Å². The van der Waals surface area contributed by atoms with Gasteiger partial charge in [-0.3, -0.25) is 43.2 Å². The number of hydrogen-bond donors (Lipinski definition) is 5. The van der Waals surface area contributed by atoms with E-state index in [0.29, 0.717) is 133 Å². The summed E-state index contributed by atoms with van der Waals surface area (Å²) in [5.41, 5.74) is 2.52. The number of ketones is 6. The fraction of sp³-hybridized carbons (Fsp3) is 0.759. The molecular formula is C112H176N2O27. The Morgan fingerprint density at radius 3 is 1.26 bits per heavy atom. The third kappa shape index (κ3) is 35.3. The van der Waals surface area contributed by atoms with Crippen molar-refractivity contribution in [2.75, 3.05) is 55.7 Å². The first-order valence-corrected chi connectivity index (χ1v) is 52.8. The maximum Gasteiger partial charge on any atom is 0.329 e. The molecule has 141 heavy (non-hydrogen) atoms. The van der Waals surface area contributed by atoms with Crippen LogP contribution >= 0.6 is 0 Å². The van der Waals surface area contributed by atoms with Crippen molar-refractivity contribution in [1.82, 2.24) is 9.80 Å². The molecule has 6 aliphatic heterocycles. The second-order valence-corrected chi connectivity index (χ2v) is 42.5. The summed E-state index contributed by atoms with van der Waals surface area (Å²) >= 11 is 0. The van der Waals surface area contributed by atoms with Gasteiger partial charge < -0.3 is 87.4 Å². The van der Waals surface area contributed by atoms with E-state index < -0.39 is 162 Å². The number of allylic oxidation sites excluding steroid dienone is 12. The summed E-state index contributed by atoms with van der Waals surface area (Å²) in [4.78, 5) is 157. The normalized spacial score (nSPS) is 37.5. The number of aliphatic hydroxyl groups is 5. The topological polar surface area (TPSA) is 397 Å². The molecule has 30 atom stereocenters. The van der Waals surface area contributed by atoms with Gasteiger partial charge in [0.05, 0.1) is 42.7 Å². The highest BCUT2D eigenvalue weighted by Gasteiger charge is 2.56. The number of amides is 2. The largest absolute Gasteiger partial charge is 0.460 e. The van der Waals surface area contributed by atoms with Crippen LogP contribution in [0.2, 0.25) is 0 Å². The van der Waals surface area contributed by atoms with Gasteiger partial charge in [-0.15, -0.1) is 0 Å². The van der Waals surface area contributed by atoms with Crippen LogP contribution in [0.3, 0.4) is 0 Å². The Morgan fingerprint density at radius 2 is 0.851 bits per heavy atom. The molecule has 29 nitrogen and oxygen atoms in total. The quantitative estimate of drug-likeness (QED) is 0.0234. The molecule has 0 spiro atoms. The Hall–Kier alpha value is -7.23. The Morgan fingerprint density at radius 1 is 0.447 bits per heavy atom. The molecule has 29 heteroatoms. The highest BCUT2D eigenvalue weighted by atomic mass is 16.6. The molecule has 8 aliphatic rings. The molecular weight excluding hydrogens is 1810 g/mol. The minimum absolute atomic E-state index is 0.00948. The molecule has 0 aromatic carbocycles. The monoisotopic (exact) mass is 1980 g/mol. The number of unbranched alkanes of at least 4 members (excludes halogenated alkanes) is 6. The number of aliphatic hydroxyl groups excluding tert-OH is 3. The van der Waals surface area contributed by atoms with Crippen LogP contribution in [-0.4, -0.2) is 265 Å². The van der Waals surface area contributed by atoms with Gasteiger partial charge in [0.15, 0.2) is 11.6 Å². The van der Waals surface area contributed by atoms with Crippen molar-refractivity contribution >= 4 is 64.4 Å². The molecule has 0 aromatic heterocycles. The summed E-state index contributed by atoms with van der Waals surface area (Å²) in [7, 11) is 9.10. The van der Waals surface area contributed by atoms with E-state index in [2.05, 4.69) is 6.92 Å². The fourth-order valence-electron chi connectivity index (χ4n) is 21.8. The van der Waals surface area contributed by atoms with Crippen molar-refractivity contribution in [1.29, 1.82) is 0 Å². The lowest BCUT2D eigenvalue weighted by atomic mass is 9.78. The van der Waals surface area contributed by atoms with E-state index in [1.807, 2.05) is 116 Å². The Labute approximate surface area is 840 Å². The summed E-state index contributed by atoms with van der Waals surface area (Å²) in [6.07, 6.45) is 30.5. The van der Waals surface area contributed by atoms with E-state index in [1.54, 1.807) is 82.1 Å². The number of carbonyl (C=O) groups excluding carboxylic acids is 11. The lowest BCUT2D eigenvalue weighted by Gasteiger charge is -2.42. The van der Waals surface area contributed by atoms with Crippen molar-refractivity contribution < 1.29 is 130 Å². The van der Waals surface area contributed by atoms with E-state index >= 15 is 0 Å². The smallest absolute Gasteiger partial charge is 0.329 e. The van der Waals surface area contributed by atoms with Crippen molar-refractivity contribution in [2.45, 2.75) is 418 Å². The van der Waals surface area contributed by atoms with E-state index in [1.165, 1.54) is 49.7 Å². The van der Waals surface area contributed by atoms with Crippen molar-refractivity contribution in [2.24, 2.45) is 71.0 Å². The van der Waals surface area contributed by atoms with Gasteiger partial charge in [0.2, 0.25) is 11.6 Å². The molecule has 6 fully saturated rings. The van der Waals surface area contributed by atoms with Gasteiger partial charge >= 0.3 is 17.9 Å². The third-order valence-electron chi connectivity index (χ3n) is 31.2. The average molecular weight is 1980 g/mol. The number of carbonyl (C=O) groups is 11. The number of Topliss-reactive ketones (excluding diaryl/α,β-unsaturated/α-hetero) is 6. The van der Waals surface area contributed by atoms with Crippen LogP contribution in [-0.2, 0) is 105 Å². The van der Waals surface area contributed by atoms with Crippen LogP contribution < -0.4 is 0 Å². The van der Waals surface area contributed by atoms with Crippen LogP contribution in [0.1, 0.15) is 309 Å². The first kappa shape index (κ1) is 121. The van der Waals surface area contributed by atoms with Crippen LogP contribution in [0.15, 0.2) is 95.2 Å². The standard InChI is InChI=1S/C61H97NO14.C51H79NO13/c1-12-13-14-15-16-17-21-27-54(64)74-50-31-29-46(36-53(50)72-10)35-42(5)52-38-49(63)41(4)34-44(7)56(66)57(73-11)55(65)43(6)33-39(2)24-19-18-20-25-40(3)51(71-9)37-47-30-28-45(8)61(70,76-47)58(67)59(68)62-32-23-22-26-48(62)60(69)75-52;1-30-16-12-11-13-17-31(2)42(61-8)28-38-21-19-36(7)51(60,65-38)48(57)49(58)52-23-15-14-18-39(52)50(59)64-43(33(4)26-37-20-22-40(53)44(27-37)62-9)29-41(54)32(3)25-35(6)46(56)47(63-10)45(55)34(5)24-30/h18-20,24-25,34,39,41-43,45-48,50-53,56-57,66,70H,12-17,21-23,26-33,35-38H2,1-11H3;11-13,16-17,25,30,32-34,36-40,42-44,46-47,53,56,60H,14-15,18-24,26-29H2,1-10H3/b20-18+,24-19+,40-25+,44-34+;13-11?,16-12+,31-17?,35-25+/t39-,41-,42-,43-,45-,46+,47+,48+,50-,51+,52+,53-,56-,57+,61-;30-,32-,33-,34-,36-,37+,38+,39+,40-,42+,43+,44-,46-,47+,51-/m11/s1. The van der Waals surface area contributed by atoms with Gasteiger partial charge in [0.1, 0.15) is 66.4 Å². The Balaban J connectivity index is 0.000000388. The third-order valence-corrected chi connectivity index (χ3v) is 31.2. The minimum atomic E-state index is -2.44. The maximum atomic E-state index is 14.6. The van der Waals surface area contributed by atoms with Crippen LogP contribution in [0.25, 0.3) is 0 Å². The lowest BCUT2D eigenvalue weighted by molar-refractivity contribution is -0.265. The van der Waals surface area contributed by atoms with Crippen molar-refractivity contribution in [3.63, 3.8) is 0 Å². The summed E-state index contributed by atoms with van der Waals surface area (Å²) < 4.78 is 65.3. The first-order chi connectivity index (χ1) is 66.9. The summed E-state index contributed by atoms with van der Waals surface area (Å²) in [6, 6.07) is -2.30. The molecule has 0 unspecified atom stereocenters. The summed E-state index contributed by atoms with van der Waals surface area (Å²) in [5.74, 6) is -16.3. The number of rotatable bonds is 21. The van der Waals surface area contributed by atoms with E-state index in [0.717, 1.165) is 43.3 Å². The average Bonchev–Trinajstić information content (AvgIpc) is 0.809. The van der Waals surface area contributed by atoms with Crippen LogP contribution in [0.5, 0.6) is 0 Å². The van der Waals surface area contributed by atoms with Gasteiger partial charge in [-0.2, -0.15) is 0 Å². The zero-order chi connectivity index (χ0) is 104. The number of hydrogen-bond acceptors (Lipinski definition) is 27. The highest BCUT2D eigenvalue weighted by Crippen LogP contribution is 2.43. The van der Waals surface area contributed by atoms with Crippen LogP contribution in [0.4, 0.5) is 0 Å². The first-order valence-electron chi connectivity index (χ1n) is 52.8. The van der Waals surface area contributed by atoms with E-state index in [9.17, 15) is 78.3 Å². The molecule has 4 bridgehead atoms. The molecule has 0 aromatic rings. The number of methoxy groups -OCH3 is 6. The van der Waals surface area contributed by atoms with E-state index in [-0.39, 0.29) is 122 Å². The summed E-state index contributed by atoms with van der Waals surface area (Å²) in [5, 5.41) is 57.4. The number of esters is 3. The second kappa shape index (κ2) is 59.5. The Bertz CT molecular complexity index is 4300. The van der Waals surface area contributed by atoms with E-state index in [4.69, 9.17) is 52.1 Å². The fourth-order valence-corrected chi connectivity index (χ4v) is 21.8.